The van der Waals surface area contributed by atoms with Gasteiger partial charge in [0.25, 0.3) is 0 Å². The van der Waals surface area contributed by atoms with Gasteiger partial charge in [0.15, 0.2) is 0 Å². The van der Waals surface area contributed by atoms with Crippen LogP contribution in [0, 0.1) is 0 Å². The number of hydrogen-bond acceptors (Lipinski definition) is 3. The predicted molar refractivity (Wildman–Crippen MR) is 75.7 cm³/mol. The van der Waals surface area contributed by atoms with Crippen LogP contribution < -0.4 is 11.5 Å². The van der Waals surface area contributed by atoms with Crippen LogP contribution in [0.3, 0.4) is 0 Å². The summed E-state index contributed by atoms with van der Waals surface area (Å²) in [6.07, 6.45) is 7.75. The van der Waals surface area contributed by atoms with E-state index in [0.717, 1.165) is 18.4 Å². The number of nitrogens with two attached hydrogens (primary N) is 2. The molecule has 1 fully saturated rings. The molecule has 0 bridgehead atoms. The first-order valence-corrected chi connectivity index (χ1v) is 6.96. The van der Waals surface area contributed by atoms with Crippen molar-refractivity contribution in [1.29, 1.82) is 0 Å². The van der Waals surface area contributed by atoms with Crippen LogP contribution in [-0.4, -0.2) is 12.0 Å². The van der Waals surface area contributed by atoms with Crippen molar-refractivity contribution in [1.82, 2.24) is 0 Å². The maximum atomic E-state index is 11.0. The van der Waals surface area contributed by atoms with E-state index in [1.54, 1.807) is 12.1 Å². The highest BCUT2D eigenvalue weighted by atomic mass is 16.5. The van der Waals surface area contributed by atoms with Gasteiger partial charge in [-0.2, -0.15) is 0 Å². The molecule has 1 aromatic rings. The SMILES string of the molecule is NC(=O)c1ccc(COC2CCCCCC2)c(N)c1. The summed E-state index contributed by atoms with van der Waals surface area (Å²) in [5, 5.41) is 0. The topological polar surface area (TPSA) is 78.3 Å². The quantitative estimate of drug-likeness (QED) is 0.646. The number of carbonyl (C=O) groups excluding carboxylic acids is 1. The van der Waals surface area contributed by atoms with E-state index in [2.05, 4.69) is 0 Å². The van der Waals surface area contributed by atoms with Gasteiger partial charge in [0.2, 0.25) is 5.91 Å². The molecule has 0 spiro atoms. The second-order valence-electron chi connectivity index (χ2n) is 5.20. The molecule has 0 radical (unpaired) electrons. The average Bonchev–Trinajstić information content (AvgIpc) is 2.65. The van der Waals surface area contributed by atoms with E-state index in [-0.39, 0.29) is 0 Å². The molecule has 0 unspecified atom stereocenters. The molecule has 2 rings (SSSR count). The number of ether oxygens (including phenoxy) is 1. The van der Waals surface area contributed by atoms with E-state index in [1.165, 1.54) is 25.7 Å². The van der Waals surface area contributed by atoms with E-state index in [1.807, 2.05) is 6.07 Å². The Hall–Kier alpha value is -1.55. The molecule has 4 N–H and O–H groups in total. The lowest BCUT2D eigenvalue weighted by atomic mass is 10.1. The van der Waals surface area contributed by atoms with E-state index >= 15 is 0 Å². The third-order valence-electron chi connectivity index (χ3n) is 3.71. The van der Waals surface area contributed by atoms with E-state index in [4.69, 9.17) is 16.2 Å². The molecule has 1 amide bonds. The fourth-order valence-electron chi connectivity index (χ4n) is 2.50. The Morgan fingerprint density at radius 3 is 2.47 bits per heavy atom. The first kappa shape index (κ1) is 13.9. The number of rotatable bonds is 4. The summed E-state index contributed by atoms with van der Waals surface area (Å²) in [5.41, 5.74) is 13.1. The van der Waals surface area contributed by atoms with Crippen LogP contribution in [0.4, 0.5) is 5.69 Å². The van der Waals surface area contributed by atoms with Gasteiger partial charge < -0.3 is 16.2 Å². The van der Waals surface area contributed by atoms with Gasteiger partial charge in [-0.1, -0.05) is 31.7 Å². The number of carbonyl (C=O) groups is 1. The van der Waals surface area contributed by atoms with Gasteiger partial charge in [-0.25, -0.2) is 0 Å². The number of amides is 1. The lowest BCUT2D eigenvalue weighted by Gasteiger charge is -2.16. The third kappa shape index (κ3) is 3.96. The van der Waals surface area contributed by atoms with Gasteiger partial charge in [-0.05, 0) is 25.0 Å². The average molecular weight is 262 g/mol. The second-order valence-corrected chi connectivity index (χ2v) is 5.20. The van der Waals surface area contributed by atoms with Crippen molar-refractivity contribution in [2.75, 3.05) is 5.73 Å². The number of hydrogen-bond donors (Lipinski definition) is 2. The minimum absolute atomic E-state index is 0.345. The Morgan fingerprint density at radius 1 is 1.21 bits per heavy atom. The van der Waals surface area contributed by atoms with Crippen molar-refractivity contribution in [3.05, 3.63) is 29.3 Å². The molecule has 0 aromatic heterocycles. The number of primary amides is 1. The second kappa shape index (κ2) is 6.57. The molecule has 0 heterocycles. The van der Waals surface area contributed by atoms with Gasteiger partial charge in [0.1, 0.15) is 0 Å². The van der Waals surface area contributed by atoms with Crippen LogP contribution in [0.5, 0.6) is 0 Å². The Morgan fingerprint density at radius 2 is 1.89 bits per heavy atom. The first-order valence-electron chi connectivity index (χ1n) is 6.96. The molecular formula is C15H22N2O2. The Kier molecular flexibility index (Phi) is 4.80. The largest absolute Gasteiger partial charge is 0.398 e. The Labute approximate surface area is 114 Å². The zero-order chi connectivity index (χ0) is 13.7. The summed E-state index contributed by atoms with van der Waals surface area (Å²) in [4.78, 5) is 11.0. The smallest absolute Gasteiger partial charge is 0.248 e. The maximum Gasteiger partial charge on any atom is 0.248 e. The number of nitrogen functional groups attached to an aromatic ring is 1. The van der Waals surface area contributed by atoms with Crippen molar-refractivity contribution >= 4 is 11.6 Å². The van der Waals surface area contributed by atoms with E-state index in [9.17, 15) is 4.79 Å². The molecule has 0 saturated heterocycles. The molecule has 4 nitrogen and oxygen atoms in total. The van der Waals surface area contributed by atoms with Crippen LogP contribution >= 0.6 is 0 Å². The normalized spacial score (nSPS) is 17.1. The highest BCUT2D eigenvalue weighted by Gasteiger charge is 2.13. The molecule has 0 atom stereocenters. The number of benzene rings is 1. The molecule has 1 aliphatic rings. The maximum absolute atomic E-state index is 11.0. The van der Waals surface area contributed by atoms with Crippen LogP contribution in [0.1, 0.15) is 54.4 Å². The van der Waals surface area contributed by atoms with Crippen LogP contribution in [-0.2, 0) is 11.3 Å². The highest BCUT2D eigenvalue weighted by Crippen LogP contribution is 2.22. The predicted octanol–water partition coefficient (Wildman–Crippen LogP) is 2.61. The standard InChI is InChI=1S/C15H22N2O2/c16-14-9-11(15(17)18)7-8-12(14)10-19-13-5-3-1-2-4-6-13/h7-9,13H,1-6,10,16H2,(H2,17,18). The van der Waals surface area contributed by atoms with Gasteiger partial charge in [0, 0.05) is 16.8 Å². The lowest BCUT2D eigenvalue weighted by Crippen LogP contribution is -2.14. The zero-order valence-corrected chi connectivity index (χ0v) is 11.2. The monoisotopic (exact) mass is 262 g/mol. The molecule has 1 saturated carbocycles. The minimum atomic E-state index is -0.456. The Bertz CT molecular complexity index is 438. The summed E-state index contributed by atoms with van der Waals surface area (Å²) in [6.45, 7) is 0.509. The fraction of sp³-hybridized carbons (Fsp3) is 0.533. The molecule has 1 aromatic carbocycles. The summed E-state index contributed by atoms with van der Waals surface area (Å²) in [6, 6.07) is 5.14. The van der Waals surface area contributed by atoms with Gasteiger partial charge >= 0.3 is 0 Å². The third-order valence-corrected chi connectivity index (χ3v) is 3.71. The summed E-state index contributed by atoms with van der Waals surface area (Å²) < 4.78 is 5.93. The number of anilines is 1. The fourth-order valence-corrected chi connectivity index (χ4v) is 2.50. The molecule has 104 valence electrons. The Balaban J connectivity index is 1.93. The molecule has 19 heavy (non-hydrogen) atoms. The molecule has 0 aliphatic heterocycles. The van der Waals surface area contributed by atoms with Gasteiger partial charge in [-0.3, -0.25) is 4.79 Å². The summed E-state index contributed by atoms with van der Waals surface area (Å²) >= 11 is 0. The molecule has 4 heteroatoms. The van der Waals surface area contributed by atoms with E-state index in [0.29, 0.717) is 24.0 Å². The van der Waals surface area contributed by atoms with Crippen LogP contribution in [0.2, 0.25) is 0 Å². The van der Waals surface area contributed by atoms with Crippen LogP contribution in [0.25, 0.3) is 0 Å². The zero-order valence-electron chi connectivity index (χ0n) is 11.2. The minimum Gasteiger partial charge on any atom is -0.398 e. The van der Waals surface area contributed by atoms with Crippen LogP contribution in [0.15, 0.2) is 18.2 Å². The first-order chi connectivity index (χ1) is 9.16. The van der Waals surface area contributed by atoms with Crippen molar-refractivity contribution < 1.29 is 9.53 Å². The van der Waals surface area contributed by atoms with E-state index < -0.39 is 5.91 Å². The summed E-state index contributed by atoms with van der Waals surface area (Å²) in [7, 11) is 0. The van der Waals surface area contributed by atoms with Gasteiger partial charge in [-0.15, -0.1) is 0 Å². The summed E-state index contributed by atoms with van der Waals surface area (Å²) in [5.74, 6) is -0.456. The van der Waals surface area contributed by atoms with Gasteiger partial charge in [0.05, 0.1) is 12.7 Å². The molecule has 1 aliphatic carbocycles. The van der Waals surface area contributed by atoms with Crippen molar-refractivity contribution in [2.45, 2.75) is 51.2 Å². The lowest BCUT2D eigenvalue weighted by molar-refractivity contribution is 0.0313. The highest BCUT2D eigenvalue weighted by molar-refractivity contribution is 5.93. The van der Waals surface area contributed by atoms with Crippen molar-refractivity contribution in [3.8, 4) is 0 Å². The van der Waals surface area contributed by atoms with Crippen molar-refractivity contribution in [3.63, 3.8) is 0 Å². The van der Waals surface area contributed by atoms with Crippen molar-refractivity contribution in [2.24, 2.45) is 5.73 Å². The molecular weight excluding hydrogens is 240 g/mol.